The molecule has 2 atom stereocenters. The van der Waals surface area contributed by atoms with Crippen molar-refractivity contribution in [1.82, 2.24) is 0 Å². The van der Waals surface area contributed by atoms with E-state index < -0.39 is 24.0 Å². The number of anilines is 2. The summed E-state index contributed by atoms with van der Waals surface area (Å²) in [5, 5.41) is 38.3. The summed E-state index contributed by atoms with van der Waals surface area (Å²) in [5.74, 6) is -1.19. The van der Waals surface area contributed by atoms with E-state index in [1.165, 1.54) is 27.6 Å². The zero-order chi connectivity index (χ0) is 28.3. The predicted octanol–water partition coefficient (Wildman–Crippen LogP) is 5.62. The summed E-state index contributed by atoms with van der Waals surface area (Å²) in [7, 11) is 4.13. The summed E-state index contributed by atoms with van der Waals surface area (Å²) >= 11 is 0. The van der Waals surface area contributed by atoms with Gasteiger partial charge in [-0.2, -0.15) is 0 Å². The smallest absolute Gasteiger partial charge is 0.0531 e. The van der Waals surface area contributed by atoms with Crippen LogP contribution >= 0.6 is 0 Å². The van der Waals surface area contributed by atoms with Crippen molar-refractivity contribution in [3.8, 4) is 0 Å². The van der Waals surface area contributed by atoms with E-state index in [1.807, 2.05) is 24.3 Å². The lowest BCUT2D eigenvalue weighted by atomic mass is 9.60. The van der Waals surface area contributed by atoms with Crippen molar-refractivity contribution < 1.29 is 10.2 Å². The van der Waals surface area contributed by atoms with Gasteiger partial charge in [0.05, 0.1) is 11.4 Å². The van der Waals surface area contributed by atoms with Gasteiger partial charge in [0.25, 0.3) is 0 Å². The van der Waals surface area contributed by atoms with Crippen LogP contribution < -0.4 is 20.0 Å². The van der Waals surface area contributed by atoms with Crippen LogP contribution in [0.2, 0.25) is 0 Å². The summed E-state index contributed by atoms with van der Waals surface area (Å²) in [5.41, 5.74) is 7.07. The lowest BCUT2D eigenvalue weighted by molar-refractivity contribution is -0.535. The molecule has 1 fully saturated rings. The third kappa shape index (κ3) is 3.04. The summed E-state index contributed by atoms with van der Waals surface area (Å²) in [6, 6.07) is 29.7. The quantitative estimate of drug-likeness (QED) is 0.269. The standard InChI is InChI=1S/C38H32N2O2/c1-39(2)35-25-13-5-3-11-23(25)31(24-12-4-6-14-26(24)35)33-37(41)34(38(33)42)32-27-15-7-9-21-17-19-40-20-18-22-10-8-16-28(32)30(22)36(40)29(21)27/h3-16,33-34,37-38H,17-20H2,1-2H3/q-2. The van der Waals surface area contributed by atoms with Gasteiger partial charge in [-0.3, -0.25) is 0 Å². The highest BCUT2D eigenvalue weighted by Gasteiger charge is 2.42. The predicted molar refractivity (Wildman–Crippen MR) is 170 cm³/mol. The Morgan fingerprint density at radius 2 is 1.00 bits per heavy atom. The number of hydrogen-bond acceptors (Lipinski definition) is 4. The fourth-order valence-electron chi connectivity index (χ4n) is 8.73. The molecule has 1 saturated carbocycles. The molecule has 1 aliphatic carbocycles. The van der Waals surface area contributed by atoms with Gasteiger partial charge in [-0.1, -0.05) is 84.9 Å². The summed E-state index contributed by atoms with van der Waals surface area (Å²) in [6.45, 7) is 2.05. The average Bonchev–Trinajstić information content (AvgIpc) is 3.02. The number of rotatable bonds is 3. The topological polar surface area (TPSA) is 52.6 Å². The lowest BCUT2D eigenvalue weighted by Crippen LogP contribution is -2.63. The normalized spacial score (nSPS) is 22.8. The van der Waals surface area contributed by atoms with Crippen LogP contribution in [0.25, 0.3) is 43.1 Å². The molecule has 0 saturated heterocycles. The maximum absolute atomic E-state index is 14.6. The Hall–Kier alpha value is -4.12. The second kappa shape index (κ2) is 8.70. The minimum absolute atomic E-state index is 0.585. The maximum atomic E-state index is 14.6. The van der Waals surface area contributed by atoms with Gasteiger partial charge in [-0.15, -0.1) is 12.2 Å². The molecule has 42 heavy (non-hydrogen) atoms. The van der Waals surface area contributed by atoms with Crippen LogP contribution in [-0.4, -0.2) is 39.4 Å². The SMILES string of the molecule is CN(C)c1c2ccccc2c(C2C([O-])C(c3c4cccc5c4c4c6c(cccc36)CCN4CC5)C2[O-])c2ccccc12. The van der Waals surface area contributed by atoms with Crippen LogP contribution in [-0.2, 0) is 12.8 Å². The first-order chi connectivity index (χ1) is 20.5. The van der Waals surface area contributed by atoms with Gasteiger partial charge in [0.2, 0.25) is 0 Å². The minimum atomic E-state index is -1.02. The molecule has 6 aromatic rings. The number of benzene rings is 6. The van der Waals surface area contributed by atoms with E-state index in [1.54, 1.807) is 0 Å². The Kier molecular flexibility index (Phi) is 5.07. The molecule has 0 aromatic heterocycles. The van der Waals surface area contributed by atoms with E-state index in [0.29, 0.717) is 0 Å². The van der Waals surface area contributed by atoms with E-state index in [9.17, 15) is 10.2 Å². The second-order valence-electron chi connectivity index (χ2n) is 12.7. The molecule has 2 unspecified atom stereocenters. The molecule has 208 valence electrons. The number of fused-ring (bicyclic) bond motifs is 2. The third-order valence-corrected chi connectivity index (χ3v) is 10.4. The van der Waals surface area contributed by atoms with Gasteiger partial charge < -0.3 is 20.0 Å². The Balaban J connectivity index is 1.29. The van der Waals surface area contributed by atoms with Gasteiger partial charge in [0, 0.05) is 48.7 Å². The van der Waals surface area contributed by atoms with Gasteiger partial charge in [-0.25, -0.2) is 0 Å². The van der Waals surface area contributed by atoms with Crippen molar-refractivity contribution in [3.63, 3.8) is 0 Å². The fourth-order valence-corrected chi connectivity index (χ4v) is 8.73. The van der Waals surface area contributed by atoms with Crippen LogP contribution in [0.4, 0.5) is 11.4 Å². The Morgan fingerprint density at radius 1 is 0.571 bits per heavy atom. The van der Waals surface area contributed by atoms with Gasteiger partial charge >= 0.3 is 0 Å². The highest BCUT2D eigenvalue weighted by atomic mass is 16.3. The third-order valence-electron chi connectivity index (χ3n) is 10.4. The lowest BCUT2D eigenvalue weighted by Gasteiger charge is -2.62. The molecule has 9 rings (SSSR count). The fraction of sp³-hybridized carbons (Fsp3) is 0.263. The Bertz CT molecular complexity index is 1960. The molecule has 0 bridgehead atoms. The molecular formula is C38H32N2O2-2. The molecule has 2 aliphatic heterocycles. The zero-order valence-corrected chi connectivity index (χ0v) is 23.9. The van der Waals surface area contributed by atoms with Crippen molar-refractivity contribution in [2.75, 3.05) is 37.0 Å². The van der Waals surface area contributed by atoms with Crippen molar-refractivity contribution >= 4 is 54.5 Å². The van der Waals surface area contributed by atoms with E-state index >= 15 is 0 Å². The van der Waals surface area contributed by atoms with Crippen molar-refractivity contribution in [3.05, 3.63) is 107 Å². The highest BCUT2D eigenvalue weighted by molar-refractivity contribution is 6.18. The summed E-state index contributed by atoms with van der Waals surface area (Å²) < 4.78 is 0. The molecule has 0 N–H and O–H groups in total. The molecule has 6 aromatic carbocycles. The summed E-state index contributed by atoms with van der Waals surface area (Å²) in [4.78, 5) is 4.68. The molecule has 3 aliphatic rings. The maximum Gasteiger partial charge on any atom is 0.0531 e. The van der Waals surface area contributed by atoms with E-state index in [2.05, 4.69) is 84.6 Å². The van der Waals surface area contributed by atoms with Gasteiger partial charge in [-0.05, 0) is 68.5 Å². The van der Waals surface area contributed by atoms with Gasteiger partial charge in [0.15, 0.2) is 0 Å². The molecule has 4 nitrogen and oxygen atoms in total. The molecule has 4 heteroatoms. The zero-order valence-electron chi connectivity index (χ0n) is 23.9. The largest absolute Gasteiger partial charge is 0.851 e. The van der Waals surface area contributed by atoms with E-state index in [4.69, 9.17) is 0 Å². The van der Waals surface area contributed by atoms with Crippen LogP contribution in [0.3, 0.4) is 0 Å². The highest BCUT2D eigenvalue weighted by Crippen LogP contribution is 2.55. The molecule has 2 heterocycles. The van der Waals surface area contributed by atoms with Crippen LogP contribution in [0.5, 0.6) is 0 Å². The molecule has 0 spiro atoms. The summed E-state index contributed by atoms with van der Waals surface area (Å²) in [6.07, 6.45) is -0.0300. The first-order valence-corrected chi connectivity index (χ1v) is 15.2. The number of nitrogens with zero attached hydrogens (tertiary/aromatic N) is 2. The van der Waals surface area contributed by atoms with Crippen molar-refractivity contribution in [1.29, 1.82) is 0 Å². The van der Waals surface area contributed by atoms with Crippen molar-refractivity contribution in [2.45, 2.75) is 36.9 Å². The van der Waals surface area contributed by atoms with E-state index in [-0.39, 0.29) is 0 Å². The van der Waals surface area contributed by atoms with Crippen molar-refractivity contribution in [2.24, 2.45) is 0 Å². The first kappa shape index (κ1) is 24.5. The number of hydrogen-bond donors (Lipinski definition) is 0. The first-order valence-electron chi connectivity index (χ1n) is 15.2. The molecular weight excluding hydrogens is 516 g/mol. The Morgan fingerprint density at radius 3 is 1.48 bits per heavy atom. The molecule has 0 radical (unpaired) electrons. The second-order valence-corrected chi connectivity index (χ2v) is 12.7. The van der Waals surface area contributed by atoms with Crippen LogP contribution in [0, 0.1) is 0 Å². The average molecular weight is 549 g/mol. The molecule has 0 amide bonds. The minimum Gasteiger partial charge on any atom is -0.851 e. The monoisotopic (exact) mass is 548 g/mol. The van der Waals surface area contributed by atoms with E-state index in [0.717, 1.165) is 75.1 Å². The van der Waals surface area contributed by atoms with Gasteiger partial charge in [0.1, 0.15) is 0 Å². The van der Waals surface area contributed by atoms with Crippen LogP contribution in [0.15, 0.2) is 84.9 Å². The Labute approximate surface area is 245 Å². The van der Waals surface area contributed by atoms with Crippen LogP contribution in [0.1, 0.15) is 34.1 Å².